The van der Waals surface area contributed by atoms with Crippen LogP contribution in [0.25, 0.3) is 0 Å². The van der Waals surface area contributed by atoms with Crippen LogP contribution in [0.2, 0.25) is 0 Å². The summed E-state index contributed by atoms with van der Waals surface area (Å²) < 4.78 is 5.62. The highest BCUT2D eigenvalue weighted by Gasteiger charge is 2.08. The van der Waals surface area contributed by atoms with Gasteiger partial charge in [0, 0.05) is 12.8 Å². The van der Waals surface area contributed by atoms with Crippen LogP contribution in [0.4, 0.5) is 0 Å². The molecule has 25 heavy (non-hydrogen) atoms. The van der Waals surface area contributed by atoms with Gasteiger partial charge in [0.15, 0.2) is 6.61 Å². The van der Waals surface area contributed by atoms with Crippen LogP contribution in [0.3, 0.4) is 0 Å². The Hall–Kier alpha value is -2.82. The third kappa shape index (κ3) is 6.67. The zero-order valence-corrected chi connectivity index (χ0v) is 14.5. The summed E-state index contributed by atoms with van der Waals surface area (Å²) in [6.07, 6.45) is 2.86. The number of unbranched alkanes of at least 4 members (excludes halogenated alkanes) is 1. The third-order valence-electron chi connectivity index (χ3n) is 3.67. The average molecular weight is 340 g/mol. The maximum Gasteiger partial charge on any atom is 0.276 e. The molecular weight excluding hydrogens is 316 g/mol. The molecule has 2 aromatic rings. The molecule has 0 radical (unpaired) electrons. The first-order valence-electron chi connectivity index (χ1n) is 8.51. The first-order chi connectivity index (χ1) is 12.2. The predicted octanol–water partition coefficient (Wildman–Crippen LogP) is 2.99. The molecule has 0 heterocycles. The zero-order chi connectivity index (χ0) is 17.9. The van der Waals surface area contributed by atoms with Crippen LogP contribution in [-0.4, -0.2) is 18.4 Å². The van der Waals surface area contributed by atoms with Crippen LogP contribution in [0.1, 0.15) is 37.3 Å². The van der Waals surface area contributed by atoms with E-state index in [1.165, 1.54) is 5.56 Å². The minimum atomic E-state index is -0.389. The minimum Gasteiger partial charge on any atom is -0.483 e. The minimum absolute atomic E-state index is 0.153. The molecule has 2 amide bonds. The molecule has 0 aliphatic heterocycles. The molecule has 132 valence electrons. The highest BCUT2D eigenvalue weighted by molar-refractivity contribution is 5.82. The third-order valence-corrected chi connectivity index (χ3v) is 3.67. The summed E-state index contributed by atoms with van der Waals surface area (Å²) in [5, 5.41) is 0. The van der Waals surface area contributed by atoms with Crippen molar-refractivity contribution in [3.8, 4) is 5.75 Å². The number of benzene rings is 2. The van der Waals surface area contributed by atoms with Gasteiger partial charge in [0.05, 0.1) is 0 Å². The van der Waals surface area contributed by atoms with E-state index in [-0.39, 0.29) is 18.4 Å². The molecule has 2 rings (SSSR count). The van der Waals surface area contributed by atoms with Gasteiger partial charge in [-0.15, -0.1) is 0 Å². The second kappa shape index (κ2) is 10.1. The Morgan fingerprint density at radius 1 is 0.920 bits per heavy atom. The van der Waals surface area contributed by atoms with Crippen molar-refractivity contribution in [2.45, 2.75) is 32.6 Å². The van der Waals surface area contributed by atoms with Crippen molar-refractivity contribution in [2.75, 3.05) is 6.61 Å². The summed E-state index contributed by atoms with van der Waals surface area (Å²) in [6, 6.07) is 17.7. The number of hydrogen-bond acceptors (Lipinski definition) is 3. The summed E-state index contributed by atoms with van der Waals surface area (Å²) in [5.41, 5.74) is 6.94. The number of amides is 2. The smallest absolute Gasteiger partial charge is 0.276 e. The summed E-state index contributed by atoms with van der Waals surface area (Å²) in [5.74, 6) is 0.0813. The number of rotatable bonds is 8. The first kappa shape index (κ1) is 18.5. The Morgan fingerprint density at radius 3 is 2.36 bits per heavy atom. The quantitative estimate of drug-likeness (QED) is 0.726. The Morgan fingerprint density at radius 2 is 1.60 bits per heavy atom. The van der Waals surface area contributed by atoms with Crippen LogP contribution >= 0.6 is 0 Å². The Balaban J connectivity index is 1.84. The maximum absolute atomic E-state index is 11.8. The van der Waals surface area contributed by atoms with E-state index in [1.807, 2.05) is 49.4 Å². The fraction of sp³-hybridized carbons (Fsp3) is 0.300. The highest BCUT2D eigenvalue weighted by atomic mass is 16.5. The van der Waals surface area contributed by atoms with Gasteiger partial charge < -0.3 is 4.74 Å². The van der Waals surface area contributed by atoms with Crippen molar-refractivity contribution in [1.82, 2.24) is 10.9 Å². The molecule has 0 aliphatic rings. The molecule has 0 aromatic heterocycles. The molecule has 5 nitrogen and oxygen atoms in total. The van der Waals surface area contributed by atoms with Crippen molar-refractivity contribution in [1.29, 1.82) is 0 Å². The number of hydrazine groups is 1. The fourth-order valence-corrected chi connectivity index (χ4v) is 2.33. The monoisotopic (exact) mass is 340 g/mol. The van der Waals surface area contributed by atoms with E-state index in [4.69, 9.17) is 4.74 Å². The molecule has 0 bridgehead atoms. The van der Waals surface area contributed by atoms with Gasteiger partial charge in [-0.05, 0) is 23.6 Å². The van der Waals surface area contributed by atoms with Gasteiger partial charge in [0.2, 0.25) is 5.91 Å². The van der Waals surface area contributed by atoms with Crippen LogP contribution in [0.5, 0.6) is 5.75 Å². The van der Waals surface area contributed by atoms with E-state index in [1.54, 1.807) is 0 Å². The van der Waals surface area contributed by atoms with Crippen molar-refractivity contribution >= 4 is 11.8 Å². The lowest BCUT2D eigenvalue weighted by Crippen LogP contribution is -2.43. The molecule has 0 saturated carbocycles. The van der Waals surface area contributed by atoms with Crippen LogP contribution in [0, 0.1) is 0 Å². The zero-order valence-electron chi connectivity index (χ0n) is 14.5. The molecule has 0 atom stereocenters. The van der Waals surface area contributed by atoms with Gasteiger partial charge in [-0.1, -0.05) is 61.9 Å². The molecule has 0 spiro atoms. The number of ether oxygens (including phenoxy) is 1. The first-order valence-corrected chi connectivity index (χ1v) is 8.51. The second-order valence-electron chi connectivity index (χ2n) is 5.76. The topological polar surface area (TPSA) is 67.4 Å². The van der Waals surface area contributed by atoms with E-state index in [0.717, 1.165) is 24.8 Å². The molecule has 2 N–H and O–H groups in total. The van der Waals surface area contributed by atoms with Gasteiger partial charge in [-0.25, -0.2) is 0 Å². The summed E-state index contributed by atoms with van der Waals surface area (Å²) in [4.78, 5) is 23.3. The lowest BCUT2D eigenvalue weighted by Gasteiger charge is -2.12. The summed E-state index contributed by atoms with van der Waals surface area (Å²) >= 11 is 0. The van der Waals surface area contributed by atoms with E-state index < -0.39 is 0 Å². The Bertz CT molecular complexity index is 686. The lowest BCUT2D eigenvalue weighted by atomic mass is 10.0. The number of carbonyl (C=O) groups excluding carboxylic acids is 2. The van der Waals surface area contributed by atoms with Crippen molar-refractivity contribution < 1.29 is 14.3 Å². The Labute approximate surface area is 148 Å². The van der Waals surface area contributed by atoms with Crippen LogP contribution < -0.4 is 15.6 Å². The summed E-state index contributed by atoms with van der Waals surface area (Å²) in [7, 11) is 0. The fourth-order valence-electron chi connectivity index (χ4n) is 2.33. The largest absolute Gasteiger partial charge is 0.483 e. The maximum atomic E-state index is 11.8. The van der Waals surface area contributed by atoms with Crippen molar-refractivity contribution in [3.05, 3.63) is 65.7 Å². The lowest BCUT2D eigenvalue weighted by molar-refractivity contribution is -0.130. The van der Waals surface area contributed by atoms with E-state index in [0.29, 0.717) is 12.2 Å². The average Bonchev–Trinajstić information content (AvgIpc) is 2.64. The van der Waals surface area contributed by atoms with Gasteiger partial charge >= 0.3 is 0 Å². The molecule has 0 saturated heterocycles. The number of nitrogens with one attached hydrogen (secondary N) is 2. The standard InChI is InChI=1S/C20H24N2O3/c1-2-3-13-19(23)21-22-20(24)15-25-18-12-8-7-11-17(18)14-16-9-5-4-6-10-16/h4-12H,2-3,13-15H2,1H3,(H,21,23)(H,22,24). The molecular formula is C20H24N2O3. The summed E-state index contributed by atoms with van der Waals surface area (Å²) in [6.45, 7) is 1.85. The van der Waals surface area contributed by atoms with Gasteiger partial charge in [0.1, 0.15) is 5.75 Å². The SMILES string of the molecule is CCCCC(=O)NNC(=O)COc1ccccc1Cc1ccccc1. The van der Waals surface area contributed by atoms with Gasteiger partial charge in [0.25, 0.3) is 5.91 Å². The van der Waals surface area contributed by atoms with Crippen LogP contribution in [0.15, 0.2) is 54.6 Å². The van der Waals surface area contributed by atoms with Gasteiger partial charge in [-0.2, -0.15) is 0 Å². The second-order valence-corrected chi connectivity index (χ2v) is 5.76. The Kier molecular flexibility index (Phi) is 7.50. The van der Waals surface area contributed by atoms with Crippen molar-refractivity contribution in [2.24, 2.45) is 0 Å². The van der Waals surface area contributed by atoms with Crippen LogP contribution in [-0.2, 0) is 16.0 Å². The molecule has 0 unspecified atom stereocenters. The van der Waals surface area contributed by atoms with Crippen molar-refractivity contribution in [3.63, 3.8) is 0 Å². The molecule has 5 heteroatoms. The number of para-hydroxylation sites is 1. The number of hydrogen-bond donors (Lipinski definition) is 2. The predicted molar refractivity (Wildman–Crippen MR) is 97.0 cm³/mol. The molecule has 2 aromatic carbocycles. The molecule has 0 aliphatic carbocycles. The van der Waals surface area contributed by atoms with Gasteiger partial charge in [-0.3, -0.25) is 20.4 Å². The number of carbonyl (C=O) groups is 2. The highest BCUT2D eigenvalue weighted by Crippen LogP contribution is 2.21. The molecule has 0 fully saturated rings. The normalized spacial score (nSPS) is 10.1. The van der Waals surface area contributed by atoms with E-state index >= 15 is 0 Å². The van der Waals surface area contributed by atoms with E-state index in [9.17, 15) is 9.59 Å². The van der Waals surface area contributed by atoms with E-state index in [2.05, 4.69) is 23.0 Å².